The molecule has 1 aromatic heterocycles. The molecule has 4 rings (SSSR count). The maximum atomic E-state index is 12.8. The largest absolute Gasteiger partial charge is 0.479 e. The smallest absolute Gasteiger partial charge is 0.347 e. The van der Waals surface area contributed by atoms with Gasteiger partial charge in [-0.15, -0.1) is 0 Å². The Morgan fingerprint density at radius 2 is 2.03 bits per heavy atom. The highest BCUT2D eigenvalue weighted by molar-refractivity contribution is 6.15. The topological polar surface area (TPSA) is 66.8 Å². The number of ether oxygens (including phenoxy) is 3. The molecule has 0 radical (unpaired) electrons. The first-order valence-electron chi connectivity index (χ1n) is 9.43. The lowest BCUT2D eigenvalue weighted by molar-refractivity contribution is -0.150. The van der Waals surface area contributed by atoms with E-state index in [1.807, 2.05) is 42.1 Å². The molecule has 1 atom stereocenters. The van der Waals surface area contributed by atoms with Crippen LogP contribution in [0.15, 0.2) is 54.4 Å². The number of carbonyl (C=O) groups excluding carboxylic acids is 2. The summed E-state index contributed by atoms with van der Waals surface area (Å²) in [7, 11) is 1.96. The molecular weight excluding hydrogens is 370 g/mol. The lowest BCUT2D eigenvalue weighted by Crippen LogP contribution is -2.26. The Kier molecular flexibility index (Phi) is 4.84. The second kappa shape index (κ2) is 7.47. The van der Waals surface area contributed by atoms with Gasteiger partial charge in [0.25, 0.3) is 0 Å². The van der Waals surface area contributed by atoms with Gasteiger partial charge in [-0.05, 0) is 38.1 Å². The Balaban J connectivity index is 1.60. The van der Waals surface area contributed by atoms with Crippen molar-refractivity contribution in [2.45, 2.75) is 20.0 Å². The quantitative estimate of drug-likeness (QED) is 0.483. The molecule has 1 aliphatic rings. The SMILES string of the molecule is CCOC(=O)[C@@H](C)Oc1ccc2c(c1)O/C(=C\c1cn(C)c3ccccc13)C2=O. The third-order valence-electron chi connectivity index (χ3n) is 4.79. The number of esters is 1. The molecule has 1 aliphatic heterocycles. The van der Waals surface area contributed by atoms with E-state index < -0.39 is 12.1 Å². The van der Waals surface area contributed by atoms with Gasteiger partial charge in [-0.2, -0.15) is 0 Å². The summed E-state index contributed by atoms with van der Waals surface area (Å²) in [6, 6.07) is 12.9. The average molecular weight is 391 g/mol. The van der Waals surface area contributed by atoms with Crippen LogP contribution in [0.3, 0.4) is 0 Å². The number of carbonyl (C=O) groups is 2. The summed E-state index contributed by atoms with van der Waals surface area (Å²) >= 11 is 0. The Hall–Kier alpha value is -3.54. The highest BCUT2D eigenvalue weighted by Gasteiger charge is 2.28. The number of Topliss-reactive ketones (excluding diaryl/α,β-unsaturated/α-hetero) is 1. The van der Waals surface area contributed by atoms with Gasteiger partial charge in [-0.3, -0.25) is 4.79 Å². The van der Waals surface area contributed by atoms with Crippen LogP contribution < -0.4 is 9.47 Å². The van der Waals surface area contributed by atoms with E-state index in [-0.39, 0.29) is 18.1 Å². The number of hydrogen-bond donors (Lipinski definition) is 0. The Labute approximate surface area is 168 Å². The van der Waals surface area contributed by atoms with Crippen molar-refractivity contribution in [3.8, 4) is 11.5 Å². The first-order chi connectivity index (χ1) is 14.0. The fourth-order valence-corrected chi connectivity index (χ4v) is 3.38. The first kappa shape index (κ1) is 18.8. The monoisotopic (exact) mass is 391 g/mol. The molecule has 0 fully saturated rings. The first-order valence-corrected chi connectivity index (χ1v) is 9.43. The summed E-state index contributed by atoms with van der Waals surface area (Å²) in [5.41, 5.74) is 2.45. The summed E-state index contributed by atoms with van der Waals surface area (Å²) < 4.78 is 18.4. The van der Waals surface area contributed by atoms with E-state index >= 15 is 0 Å². The second-order valence-electron chi connectivity index (χ2n) is 6.82. The average Bonchev–Trinajstić information content (AvgIpc) is 3.19. The summed E-state index contributed by atoms with van der Waals surface area (Å²) in [5, 5.41) is 1.04. The minimum absolute atomic E-state index is 0.182. The second-order valence-corrected chi connectivity index (χ2v) is 6.82. The molecule has 2 aromatic carbocycles. The van der Waals surface area contributed by atoms with Crippen LogP contribution in [0.1, 0.15) is 29.8 Å². The Morgan fingerprint density at radius 1 is 1.24 bits per heavy atom. The lowest BCUT2D eigenvalue weighted by Gasteiger charge is -2.13. The van der Waals surface area contributed by atoms with Crippen molar-refractivity contribution in [3.05, 3.63) is 65.5 Å². The van der Waals surface area contributed by atoms with Gasteiger partial charge in [0, 0.05) is 35.8 Å². The van der Waals surface area contributed by atoms with Crippen LogP contribution in [-0.2, 0) is 16.6 Å². The minimum atomic E-state index is -0.754. The molecule has 148 valence electrons. The number of ketones is 1. The summed E-state index contributed by atoms with van der Waals surface area (Å²) in [5.74, 6) is 0.477. The number of fused-ring (bicyclic) bond motifs is 2. The number of aromatic nitrogens is 1. The van der Waals surface area contributed by atoms with Crippen LogP contribution in [0, 0.1) is 0 Å². The molecule has 3 aromatic rings. The van der Waals surface area contributed by atoms with Crippen LogP contribution in [0.4, 0.5) is 0 Å². The molecule has 0 N–H and O–H groups in total. The minimum Gasteiger partial charge on any atom is -0.479 e. The van der Waals surface area contributed by atoms with Crippen molar-refractivity contribution in [1.29, 1.82) is 0 Å². The normalized spacial score (nSPS) is 15.3. The third-order valence-corrected chi connectivity index (χ3v) is 4.79. The van der Waals surface area contributed by atoms with Crippen molar-refractivity contribution in [2.24, 2.45) is 7.05 Å². The molecular formula is C23H21NO5. The van der Waals surface area contributed by atoms with Gasteiger partial charge >= 0.3 is 5.97 Å². The number of rotatable bonds is 5. The van der Waals surface area contributed by atoms with Gasteiger partial charge in [0.2, 0.25) is 5.78 Å². The van der Waals surface area contributed by atoms with E-state index in [4.69, 9.17) is 14.2 Å². The zero-order chi connectivity index (χ0) is 20.5. The molecule has 2 heterocycles. The maximum absolute atomic E-state index is 12.8. The van der Waals surface area contributed by atoms with Crippen LogP contribution in [0.5, 0.6) is 11.5 Å². The van der Waals surface area contributed by atoms with Crippen LogP contribution in [0.25, 0.3) is 17.0 Å². The number of para-hydroxylation sites is 1. The molecule has 0 amide bonds. The predicted molar refractivity (Wildman–Crippen MR) is 109 cm³/mol. The van der Waals surface area contributed by atoms with Crippen molar-refractivity contribution < 1.29 is 23.8 Å². The third kappa shape index (κ3) is 3.49. The summed E-state index contributed by atoms with van der Waals surface area (Å²) in [6.45, 7) is 3.64. The van der Waals surface area contributed by atoms with Gasteiger partial charge in [-0.25, -0.2) is 4.79 Å². The molecule has 0 aliphatic carbocycles. The van der Waals surface area contributed by atoms with E-state index in [2.05, 4.69) is 0 Å². The Morgan fingerprint density at radius 3 is 2.83 bits per heavy atom. The maximum Gasteiger partial charge on any atom is 0.347 e. The predicted octanol–water partition coefficient (Wildman–Crippen LogP) is 4.12. The number of benzene rings is 2. The number of allylic oxidation sites excluding steroid dienone is 1. The van der Waals surface area contributed by atoms with Crippen LogP contribution >= 0.6 is 0 Å². The van der Waals surface area contributed by atoms with E-state index in [0.29, 0.717) is 17.1 Å². The van der Waals surface area contributed by atoms with E-state index in [0.717, 1.165) is 16.5 Å². The lowest BCUT2D eigenvalue weighted by atomic mass is 10.1. The van der Waals surface area contributed by atoms with E-state index in [1.165, 1.54) is 0 Å². The van der Waals surface area contributed by atoms with Crippen LogP contribution in [-0.4, -0.2) is 29.0 Å². The molecule has 0 unspecified atom stereocenters. The molecule has 6 heteroatoms. The fourth-order valence-electron chi connectivity index (χ4n) is 3.38. The summed E-state index contributed by atoms with van der Waals surface area (Å²) in [4.78, 5) is 24.5. The van der Waals surface area contributed by atoms with Gasteiger partial charge in [-0.1, -0.05) is 18.2 Å². The van der Waals surface area contributed by atoms with E-state index in [9.17, 15) is 9.59 Å². The highest BCUT2D eigenvalue weighted by atomic mass is 16.6. The molecule has 29 heavy (non-hydrogen) atoms. The van der Waals surface area contributed by atoms with E-state index in [1.54, 1.807) is 38.1 Å². The zero-order valence-corrected chi connectivity index (χ0v) is 16.5. The van der Waals surface area contributed by atoms with Gasteiger partial charge in [0.15, 0.2) is 11.9 Å². The number of aryl methyl sites for hydroxylation is 1. The summed E-state index contributed by atoms with van der Waals surface area (Å²) in [6.07, 6.45) is 2.97. The van der Waals surface area contributed by atoms with Gasteiger partial charge in [0.1, 0.15) is 11.5 Å². The zero-order valence-electron chi connectivity index (χ0n) is 16.5. The Bertz CT molecular complexity index is 1140. The van der Waals surface area contributed by atoms with Crippen LogP contribution in [0.2, 0.25) is 0 Å². The molecule has 0 spiro atoms. The van der Waals surface area contributed by atoms with Crippen molar-refractivity contribution in [1.82, 2.24) is 4.57 Å². The van der Waals surface area contributed by atoms with Crippen molar-refractivity contribution in [3.63, 3.8) is 0 Å². The van der Waals surface area contributed by atoms with Crippen molar-refractivity contribution >= 4 is 28.7 Å². The van der Waals surface area contributed by atoms with Gasteiger partial charge < -0.3 is 18.8 Å². The van der Waals surface area contributed by atoms with Crippen molar-refractivity contribution in [2.75, 3.05) is 6.61 Å². The van der Waals surface area contributed by atoms with Gasteiger partial charge in [0.05, 0.1) is 12.2 Å². The molecule has 0 saturated heterocycles. The fraction of sp³-hybridized carbons (Fsp3) is 0.217. The number of nitrogens with zero attached hydrogens (tertiary/aromatic N) is 1. The molecule has 0 saturated carbocycles. The number of hydrogen-bond acceptors (Lipinski definition) is 5. The standard InChI is InChI=1S/C23H21NO5/c1-4-27-23(26)14(2)28-16-9-10-18-20(12-16)29-21(22(18)25)11-15-13-24(3)19-8-6-5-7-17(15)19/h5-14H,4H2,1-3H3/b21-11-/t14-/m1/s1. The molecule has 6 nitrogen and oxygen atoms in total. The highest BCUT2D eigenvalue weighted by Crippen LogP contribution is 2.36. The molecule has 0 bridgehead atoms.